The van der Waals surface area contributed by atoms with Crippen LogP contribution in [0.3, 0.4) is 0 Å². The SMILES string of the molecule is CCCN1CCN(Cc2cccc(N)c2F)C(=O)C1=O. The van der Waals surface area contributed by atoms with Crippen LogP contribution >= 0.6 is 0 Å². The fourth-order valence-corrected chi connectivity index (χ4v) is 2.28. The Kier molecular flexibility index (Phi) is 4.22. The molecular weight excluding hydrogens is 261 g/mol. The first kappa shape index (κ1) is 14.3. The van der Waals surface area contributed by atoms with Crippen molar-refractivity contribution in [3.05, 3.63) is 29.6 Å². The van der Waals surface area contributed by atoms with Crippen LogP contribution in [0.4, 0.5) is 10.1 Å². The molecule has 1 fully saturated rings. The molecular formula is C14H18FN3O2. The lowest BCUT2D eigenvalue weighted by Crippen LogP contribution is -2.54. The zero-order valence-electron chi connectivity index (χ0n) is 11.4. The lowest BCUT2D eigenvalue weighted by atomic mass is 10.1. The lowest BCUT2D eigenvalue weighted by molar-refractivity contribution is -0.156. The number of piperazine rings is 1. The highest BCUT2D eigenvalue weighted by molar-refractivity contribution is 6.35. The molecule has 1 saturated heterocycles. The molecule has 20 heavy (non-hydrogen) atoms. The first-order valence-electron chi connectivity index (χ1n) is 6.65. The van der Waals surface area contributed by atoms with Crippen molar-refractivity contribution < 1.29 is 14.0 Å². The van der Waals surface area contributed by atoms with E-state index in [9.17, 15) is 14.0 Å². The first-order valence-corrected chi connectivity index (χ1v) is 6.65. The number of nitrogen functional groups attached to an aromatic ring is 1. The molecule has 0 saturated carbocycles. The van der Waals surface area contributed by atoms with Crippen molar-refractivity contribution in [2.45, 2.75) is 19.9 Å². The predicted octanol–water partition coefficient (Wildman–Crippen LogP) is 0.989. The van der Waals surface area contributed by atoms with Crippen LogP contribution in [-0.4, -0.2) is 41.2 Å². The van der Waals surface area contributed by atoms with E-state index in [0.29, 0.717) is 25.2 Å². The molecule has 0 radical (unpaired) electrons. The van der Waals surface area contributed by atoms with E-state index in [2.05, 4.69) is 0 Å². The van der Waals surface area contributed by atoms with Gasteiger partial charge in [-0.05, 0) is 12.5 Å². The van der Waals surface area contributed by atoms with Gasteiger partial charge in [0.05, 0.1) is 5.69 Å². The van der Waals surface area contributed by atoms with Gasteiger partial charge in [-0.1, -0.05) is 19.1 Å². The maximum atomic E-state index is 13.8. The fourth-order valence-electron chi connectivity index (χ4n) is 2.28. The van der Waals surface area contributed by atoms with E-state index in [1.54, 1.807) is 12.1 Å². The molecule has 2 rings (SSSR count). The Bertz CT molecular complexity index is 533. The Labute approximate surface area is 117 Å². The third kappa shape index (κ3) is 2.74. The van der Waals surface area contributed by atoms with Crippen molar-refractivity contribution in [3.8, 4) is 0 Å². The van der Waals surface area contributed by atoms with Crippen LogP contribution in [0.1, 0.15) is 18.9 Å². The number of hydrogen-bond donors (Lipinski definition) is 1. The maximum Gasteiger partial charge on any atom is 0.312 e. The average molecular weight is 279 g/mol. The highest BCUT2D eigenvalue weighted by Crippen LogP contribution is 2.18. The molecule has 1 aliphatic heterocycles. The number of rotatable bonds is 4. The number of nitrogens with zero attached hydrogens (tertiary/aromatic N) is 2. The van der Waals surface area contributed by atoms with Gasteiger partial charge in [-0.25, -0.2) is 4.39 Å². The van der Waals surface area contributed by atoms with Gasteiger partial charge in [0.1, 0.15) is 0 Å². The Morgan fingerprint density at radius 2 is 1.85 bits per heavy atom. The molecule has 0 unspecified atom stereocenters. The van der Waals surface area contributed by atoms with Gasteiger partial charge in [0.25, 0.3) is 0 Å². The monoisotopic (exact) mass is 279 g/mol. The molecule has 5 nitrogen and oxygen atoms in total. The van der Waals surface area contributed by atoms with Gasteiger partial charge < -0.3 is 15.5 Å². The maximum absolute atomic E-state index is 13.8. The average Bonchev–Trinajstić information content (AvgIpc) is 2.43. The van der Waals surface area contributed by atoms with Crippen LogP contribution in [0.5, 0.6) is 0 Å². The van der Waals surface area contributed by atoms with E-state index in [1.807, 2.05) is 6.92 Å². The molecule has 0 spiro atoms. The van der Waals surface area contributed by atoms with Crippen molar-refractivity contribution in [2.75, 3.05) is 25.4 Å². The summed E-state index contributed by atoms with van der Waals surface area (Å²) in [5, 5.41) is 0. The van der Waals surface area contributed by atoms with Gasteiger partial charge in [-0.15, -0.1) is 0 Å². The minimum absolute atomic E-state index is 0.0471. The molecule has 1 aromatic carbocycles. The normalized spacial score (nSPS) is 15.9. The second kappa shape index (κ2) is 5.90. The summed E-state index contributed by atoms with van der Waals surface area (Å²) < 4.78 is 13.8. The molecule has 2 amide bonds. The quantitative estimate of drug-likeness (QED) is 0.660. The van der Waals surface area contributed by atoms with Crippen molar-refractivity contribution in [1.82, 2.24) is 9.80 Å². The van der Waals surface area contributed by atoms with Crippen LogP contribution in [-0.2, 0) is 16.1 Å². The highest BCUT2D eigenvalue weighted by Gasteiger charge is 2.32. The van der Waals surface area contributed by atoms with E-state index < -0.39 is 17.6 Å². The van der Waals surface area contributed by atoms with E-state index in [-0.39, 0.29) is 12.2 Å². The number of halogens is 1. The first-order chi connectivity index (χ1) is 9.54. The molecule has 0 aromatic heterocycles. The second-order valence-corrected chi connectivity index (χ2v) is 4.84. The fraction of sp³-hybridized carbons (Fsp3) is 0.429. The topological polar surface area (TPSA) is 66.6 Å². The van der Waals surface area contributed by atoms with Crippen LogP contribution in [0.15, 0.2) is 18.2 Å². The molecule has 6 heteroatoms. The van der Waals surface area contributed by atoms with Crippen molar-refractivity contribution in [3.63, 3.8) is 0 Å². The molecule has 108 valence electrons. The van der Waals surface area contributed by atoms with Gasteiger partial charge in [-0.3, -0.25) is 9.59 Å². The van der Waals surface area contributed by atoms with Gasteiger partial charge in [0.2, 0.25) is 0 Å². The minimum atomic E-state index is -0.577. The van der Waals surface area contributed by atoms with Crippen LogP contribution in [0.2, 0.25) is 0 Å². The number of hydrogen-bond acceptors (Lipinski definition) is 3. The molecule has 0 aliphatic carbocycles. The Balaban J connectivity index is 2.10. The Hall–Kier alpha value is -2.11. The molecule has 1 aromatic rings. The Morgan fingerprint density at radius 1 is 1.20 bits per heavy atom. The van der Waals surface area contributed by atoms with Gasteiger partial charge in [0, 0.05) is 31.7 Å². The predicted molar refractivity (Wildman–Crippen MR) is 73.1 cm³/mol. The third-order valence-electron chi connectivity index (χ3n) is 3.36. The van der Waals surface area contributed by atoms with Crippen molar-refractivity contribution in [1.29, 1.82) is 0 Å². The van der Waals surface area contributed by atoms with Gasteiger partial charge in [-0.2, -0.15) is 0 Å². The summed E-state index contributed by atoms with van der Waals surface area (Å²) in [5.41, 5.74) is 5.87. The van der Waals surface area contributed by atoms with Crippen LogP contribution < -0.4 is 5.73 Å². The van der Waals surface area contributed by atoms with Crippen molar-refractivity contribution >= 4 is 17.5 Å². The minimum Gasteiger partial charge on any atom is -0.396 e. The summed E-state index contributed by atoms with van der Waals surface area (Å²) >= 11 is 0. The number of carbonyl (C=O) groups excluding carboxylic acids is 2. The number of anilines is 1. The summed E-state index contributed by atoms with van der Waals surface area (Å²) in [6.07, 6.45) is 0.808. The van der Waals surface area contributed by atoms with Crippen molar-refractivity contribution in [2.24, 2.45) is 0 Å². The van der Waals surface area contributed by atoms with E-state index in [1.165, 1.54) is 15.9 Å². The van der Waals surface area contributed by atoms with Gasteiger partial charge in [0.15, 0.2) is 5.82 Å². The van der Waals surface area contributed by atoms with Crippen LogP contribution in [0.25, 0.3) is 0 Å². The lowest BCUT2D eigenvalue weighted by Gasteiger charge is -2.33. The van der Waals surface area contributed by atoms with E-state index >= 15 is 0 Å². The number of amides is 2. The van der Waals surface area contributed by atoms with Crippen LogP contribution in [0, 0.1) is 5.82 Å². The smallest absolute Gasteiger partial charge is 0.312 e. The largest absolute Gasteiger partial charge is 0.396 e. The number of benzene rings is 1. The summed E-state index contributed by atoms with van der Waals surface area (Å²) in [5.74, 6) is -1.61. The van der Waals surface area contributed by atoms with E-state index in [4.69, 9.17) is 5.73 Å². The zero-order chi connectivity index (χ0) is 14.7. The third-order valence-corrected chi connectivity index (χ3v) is 3.36. The van der Waals surface area contributed by atoms with Gasteiger partial charge >= 0.3 is 11.8 Å². The standard InChI is InChI=1S/C14H18FN3O2/c1-2-6-17-7-8-18(14(20)13(17)19)9-10-4-3-5-11(16)12(10)15/h3-5H,2,6-9,16H2,1H3. The molecule has 1 aliphatic rings. The summed E-state index contributed by atoms with van der Waals surface area (Å²) in [6, 6.07) is 4.67. The summed E-state index contributed by atoms with van der Waals surface area (Å²) in [6.45, 7) is 3.50. The molecule has 1 heterocycles. The summed E-state index contributed by atoms with van der Waals surface area (Å²) in [7, 11) is 0. The molecule has 0 atom stereocenters. The second-order valence-electron chi connectivity index (χ2n) is 4.84. The Morgan fingerprint density at radius 3 is 2.55 bits per heavy atom. The highest BCUT2D eigenvalue weighted by atomic mass is 19.1. The molecule has 0 bridgehead atoms. The number of carbonyl (C=O) groups is 2. The summed E-state index contributed by atoms with van der Waals surface area (Å²) in [4.78, 5) is 26.8. The zero-order valence-corrected chi connectivity index (χ0v) is 11.4. The number of nitrogens with two attached hydrogens (primary N) is 1. The van der Waals surface area contributed by atoms with E-state index in [0.717, 1.165) is 6.42 Å². The molecule has 2 N–H and O–H groups in total.